The van der Waals surface area contributed by atoms with Crippen LogP contribution in [0.25, 0.3) is 22.4 Å². The summed E-state index contributed by atoms with van der Waals surface area (Å²) in [6, 6.07) is 5.35. The Hall–Kier alpha value is -2.33. The predicted molar refractivity (Wildman–Crippen MR) is 127 cm³/mol. The largest absolute Gasteiger partial charge is 0.490 e. The number of aromatic nitrogens is 3. The standard InChI is InChI=1S/C22H28BClN4O4/c1-5-28-21-17(32-13-22(28,3)4)11-14(12-25-21)20-26-19-16(27(20)9-10-31-6-2)8-7-15(18(19)24)23(29)30/h7-8,11-12,29-30H,5-6,9-10,13H2,1-4H3. The van der Waals surface area contributed by atoms with Crippen LogP contribution in [0, 0.1) is 0 Å². The van der Waals surface area contributed by atoms with Gasteiger partial charge in [-0.15, -0.1) is 0 Å². The van der Waals surface area contributed by atoms with Crippen LogP contribution < -0.4 is 15.1 Å². The van der Waals surface area contributed by atoms with Gasteiger partial charge in [-0.3, -0.25) is 0 Å². The molecule has 0 atom stereocenters. The molecule has 1 aromatic carbocycles. The van der Waals surface area contributed by atoms with E-state index in [9.17, 15) is 10.0 Å². The first-order valence-electron chi connectivity index (χ1n) is 10.8. The normalized spacial score (nSPS) is 15.0. The van der Waals surface area contributed by atoms with Crippen LogP contribution in [-0.2, 0) is 11.3 Å². The highest BCUT2D eigenvalue weighted by Crippen LogP contribution is 2.39. The Kier molecular flexibility index (Phi) is 6.36. The Balaban J connectivity index is 1.84. The van der Waals surface area contributed by atoms with Crippen LogP contribution in [0.4, 0.5) is 5.82 Å². The average Bonchev–Trinajstić information content (AvgIpc) is 3.13. The SMILES string of the molecule is CCOCCn1c(-c2cnc3c(c2)OCC(C)(C)N3CC)nc2c(Cl)c(B(O)O)ccc21. The Morgan fingerprint density at radius 1 is 1.28 bits per heavy atom. The van der Waals surface area contributed by atoms with E-state index >= 15 is 0 Å². The lowest BCUT2D eigenvalue weighted by molar-refractivity contribution is 0.140. The van der Waals surface area contributed by atoms with Crippen LogP contribution in [0.5, 0.6) is 5.75 Å². The van der Waals surface area contributed by atoms with E-state index in [1.54, 1.807) is 18.3 Å². The first-order valence-corrected chi connectivity index (χ1v) is 11.2. The van der Waals surface area contributed by atoms with Crippen molar-refractivity contribution in [1.82, 2.24) is 14.5 Å². The third kappa shape index (κ3) is 3.94. The monoisotopic (exact) mass is 458 g/mol. The molecule has 0 fully saturated rings. The fraction of sp³-hybridized carbons (Fsp3) is 0.455. The Bertz CT molecular complexity index is 1130. The first-order chi connectivity index (χ1) is 15.3. The molecular weight excluding hydrogens is 431 g/mol. The van der Waals surface area contributed by atoms with E-state index in [4.69, 9.17) is 31.0 Å². The molecule has 2 N–H and O–H groups in total. The summed E-state index contributed by atoms with van der Waals surface area (Å²) in [4.78, 5) is 11.7. The highest BCUT2D eigenvalue weighted by Gasteiger charge is 2.34. The van der Waals surface area contributed by atoms with E-state index in [2.05, 4.69) is 25.7 Å². The molecule has 2 aromatic heterocycles. The molecule has 1 aliphatic heterocycles. The van der Waals surface area contributed by atoms with Crippen molar-refractivity contribution >= 4 is 41.0 Å². The molecule has 1 aliphatic rings. The maximum Gasteiger partial charge on any atom is 0.490 e. The quantitative estimate of drug-likeness (QED) is 0.415. The lowest BCUT2D eigenvalue weighted by Gasteiger charge is -2.43. The summed E-state index contributed by atoms with van der Waals surface area (Å²) in [5, 5.41) is 19.5. The molecule has 4 rings (SSSR count). The van der Waals surface area contributed by atoms with Crippen LogP contribution in [0.3, 0.4) is 0 Å². The number of pyridine rings is 1. The van der Waals surface area contributed by atoms with Crippen molar-refractivity contribution < 1.29 is 19.5 Å². The number of fused-ring (bicyclic) bond motifs is 2. The third-order valence-electron chi connectivity index (χ3n) is 5.81. The first kappa shape index (κ1) is 22.9. The van der Waals surface area contributed by atoms with Gasteiger partial charge in [-0.25, -0.2) is 9.97 Å². The maximum atomic E-state index is 9.64. The van der Waals surface area contributed by atoms with Crippen molar-refractivity contribution in [2.45, 2.75) is 39.8 Å². The molecule has 0 spiro atoms. The van der Waals surface area contributed by atoms with Gasteiger partial charge in [-0.05, 0) is 39.8 Å². The zero-order valence-electron chi connectivity index (χ0n) is 18.8. The minimum atomic E-state index is -1.67. The third-order valence-corrected chi connectivity index (χ3v) is 6.20. The fourth-order valence-electron chi connectivity index (χ4n) is 4.19. The number of rotatable bonds is 7. The van der Waals surface area contributed by atoms with Gasteiger partial charge in [0, 0.05) is 36.9 Å². The summed E-state index contributed by atoms with van der Waals surface area (Å²) >= 11 is 6.48. The van der Waals surface area contributed by atoms with Crippen molar-refractivity contribution in [2.75, 3.05) is 31.3 Å². The van der Waals surface area contributed by atoms with Crippen LogP contribution in [-0.4, -0.2) is 63.6 Å². The number of imidazole rings is 1. The number of nitrogens with zero attached hydrogens (tertiary/aromatic N) is 4. The van der Waals surface area contributed by atoms with Gasteiger partial charge in [-0.1, -0.05) is 17.7 Å². The second-order valence-corrected chi connectivity index (χ2v) is 8.76. The van der Waals surface area contributed by atoms with Gasteiger partial charge in [0.15, 0.2) is 11.6 Å². The molecule has 32 heavy (non-hydrogen) atoms. The number of hydrogen-bond acceptors (Lipinski definition) is 7. The Morgan fingerprint density at radius 3 is 2.75 bits per heavy atom. The second kappa shape index (κ2) is 8.90. The lowest BCUT2D eigenvalue weighted by atomic mass is 9.80. The topological polar surface area (TPSA) is 92.9 Å². The summed E-state index contributed by atoms with van der Waals surface area (Å²) in [5.41, 5.74) is 2.14. The molecule has 0 radical (unpaired) electrons. The number of halogens is 1. The highest BCUT2D eigenvalue weighted by atomic mass is 35.5. The second-order valence-electron chi connectivity index (χ2n) is 8.39. The summed E-state index contributed by atoms with van der Waals surface area (Å²) in [6.07, 6.45) is 1.79. The van der Waals surface area contributed by atoms with Crippen LogP contribution >= 0.6 is 11.6 Å². The number of anilines is 1. The van der Waals surface area contributed by atoms with Crippen LogP contribution in [0.1, 0.15) is 27.7 Å². The van der Waals surface area contributed by atoms with Gasteiger partial charge in [0.05, 0.1) is 22.7 Å². The summed E-state index contributed by atoms with van der Waals surface area (Å²) in [5.74, 6) is 2.19. The zero-order valence-corrected chi connectivity index (χ0v) is 19.6. The lowest BCUT2D eigenvalue weighted by Crippen LogP contribution is -2.51. The Morgan fingerprint density at radius 2 is 2.06 bits per heavy atom. The molecule has 0 amide bonds. The van der Waals surface area contributed by atoms with Crippen LogP contribution in [0.15, 0.2) is 24.4 Å². The van der Waals surface area contributed by atoms with E-state index < -0.39 is 7.12 Å². The van der Waals surface area contributed by atoms with Crippen molar-refractivity contribution in [3.05, 3.63) is 29.4 Å². The van der Waals surface area contributed by atoms with E-state index in [0.29, 0.717) is 43.5 Å². The summed E-state index contributed by atoms with van der Waals surface area (Å²) in [6.45, 7) is 11.4. The minimum absolute atomic E-state index is 0.143. The van der Waals surface area contributed by atoms with Crippen molar-refractivity contribution in [2.24, 2.45) is 0 Å². The Labute approximate surface area is 192 Å². The van der Waals surface area contributed by atoms with Crippen molar-refractivity contribution in [1.29, 1.82) is 0 Å². The highest BCUT2D eigenvalue weighted by molar-refractivity contribution is 6.63. The van der Waals surface area contributed by atoms with Gasteiger partial charge >= 0.3 is 7.12 Å². The van der Waals surface area contributed by atoms with Gasteiger partial charge in [0.25, 0.3) is 0 Å². The molecule has 0 aliphatic carbocycles. The molecule has 8 nitrogen and oxygen atoms in total. The van der Waals surface area contributed by atoms with E-state index in [1.165, 1.54) is 0 Å². The number of likely N-dealkylation sites (N-methyl/N-ethyl adjacent to an activating group) is 1. The smallest absolute Gasteiger partial charge is 0.487 e. The maximum absolute atomic E-state index is 9.64. The number of ether oxygens (including phenoxy) is 2. The summed E-state index contributed by atoms with van der Waals surface area (Å²) < 4.78 is 13.6. The van der Waals surface area contributed by atoms with Gasteiger partial charge in [0.1, 0.15) is 17.9 Å². The minimum Gasteiger partial charge on any atom is -0.487 e. The van der Waals surface area contributed by atoms with Gasteiger partial charge in [0.2, 0.25) is 0 Å². The molecule has 0 saturated carbocycles. The van der Waals surface area contributed by atoms with E-state index in [0.717, 1.165) is 23.4 Å². The molecule has 0 bridgehead atoms. The van der Waals surface area contributed by atoms with Gasteiger partial charge < -0.3 is 29.0 Å². The molecular formula is C22H28BClN4O4. The number of benzene rings is 1. The van der Waals surface area contributed by atoms with Gasteiger partial charge in [-0.2, -0.15) is 0 Å². The molecule has 10 heteroatoms. The fourth-order valence-corrected chi connectivity index (χ4v) is 4.49. The van der Waals surface area contributed by atoms with Crippen LogP contribution in [0.2, 0.25) is 5.02 Å². The van der Waals surface area contributed by atoms with Crippen molar-refractivity contribution in [3.8, 4) is 17.1 Å². The van der Waals surface area contributed by atoms with E-state index in [1.807, 2.05) is 17.6 Å². The molecule has 3 aromatic rings. The predicted octanol–water partition coefficient (Wildman–Crippen LogP) is 2.47. The number of hydrogen-bond donors (Lipinski definition) is 2. The zero-order chi connectivity index (χ0) is 23.0. The molecule has 170 valence electrons. The molecule has 0 unspecified atom stereocenters. The molecule has 3 heterocycles. The van der Waals surface area contributed by atoms with Crippen molar-refractivity contribution in [3.63, 3.8) is 0 Å². The molecule has 0 saturated heterocycles. The average molecular weight is 459 g/mol. The summed E-state index contributed by atoms with van der Waals surface area (Å²) in [7, 11) is -1.67. The van der Waals surface area contributed by atoms with E-state index in [-0.39, 0.29) is 16.0 Å².